The summed E-state index contributed by atoms with van der Waals surface area (Å²) in [5.41, 5.74) is 0. The van der Waals surface area contributed by atoms with E-state index in [0.29, 0.717) is 25.8 Å². The third-order valence-electron chi connectivity index (χ3n) is 3.99. The van der Waals surface area contributed by atoms with Crippen LogP contribution in [-0.2, 0) is 36.9 Å². The zero-order valence-electron chi connectivity index (χ0n) is 17.6. The number of likely N-dealkylation sites (tertiary alicyclic amines) is 1. The second kappa shape index (κ2) is 13.1. The van der Waals surface area contributed by atoms with Gasteiger partial charge >= 0.3 is 0 Å². The summed E-state index contributed by atoms with van der Waals surface area (Å²) < 4.78 is 35.4. The maximum atomic E-state index is 12.0. The van der Waals surface area contributed by atoms with Crippen LogP contribution in [0.15, 0.2) is 0 Å². The lowest BCUT2D eigenvalue weighted by molar-refractivity contribution is -0.245. The van der Waals surface area contributed by atoms with Crippen molar-refractivity contribution in [3.05, 3.63) is 0 Å². The van der Waals surface area contributed by atoms with Crippen LogP contribution in [0, 0.1) is 0 Å². The van der Waals surface area contributed by atoms with Crippen molar-refractivity contribution in [2.24, 2.45) is 0 Å². The number of phosphoric acid groups is 2. The Balaban J connectivity index is 2.16. The Morgan fingerprint density at radius 2 is 1.90 bits per heavy atom. The normalized spacial score (nSPS) is 20.7. The van der Waals surface area contributed by atoms with E-state index in [1.54, 1.807) is 6.26 Å². The van der Waals surface area contributed by atoms with E-state index in [4.69, 9.17) is 0 Å². The topological polar surface area (TPSA) is 174 Å². The van der Waals surface area contributed by atoms with E-state index in [2.05, 4.69) is 18.7 Å². The average Bonchev–Trinajstić information content (AvgIpc) is 2.90. The number of hydrogen-bond donors (Lipinski definition) is 1. The van der Waals surface area contributed by atoms with Gasteiger partial charge in [0.1, 0.15) is 0 Å². The van der Waals surface area contributed by atoms with Gasteiger partial charge in [-0.1, -0.05) is 6.42 Å². The van der Waals surface area contributed by atoms with Crippen LogP contribution in [0.5, 0.6) is 0 Å². The predicted octanol–water partition coefficient (Wildman–Crippen LogP) is 0.549. The molecule has 31 heavy (non-hydrogen) atoms. The predicted molar refractivity (Wildman–Crippen MR) is 109 cm³/mol. The molecular weight excluding hydrogens is 474 g/mol. The first kappa shape index (κ1) is 28.3. The summed E-state index contributed by atoms with van der Waals surface area (Å²) in [6.07, 6.45) is 3.11. The number of nitrogens with one attached hydrogen (secondary N) is 1. The maximum Gasteiger partial charge on any atom is 0.274 e. The fourth-order valence-electron chi connectivity index (χ4n) is 2.66. The molecule has 0 aromatic carbocycles. The van der Waals surface area contributed by atoms with Gasteiger partial charge < -0.3 is 24.2 Å². The Morgan fingerprint density at radius 3 is 2.48 bits per heavy atom. The van der Waals surface area contributed by atoms with E-state index in [0.717, 1.165) is 0 Å². The highest BCUT2D eigenvalue weighted by atomic mass is 32.2. The van der Waals surface area contributed by atoms with Crippen LogP contribution in [-0.4, -0.2) is 59.9 Å². The summed E-state index contributed by atoms with van der Waals surface area (Å²) in [5.74, 6) is -0.691. The Bertz CT molecular complexity index is 735. The highest BCUT2D eigenvalue weighted by molar-refractivity contribution is 8.00. The van der Waals surface area contributed by atoms with Crippen molar-refractivity contribution in [2.45, 2.75) is 57.3 Å². The van der Waals surface area contributed by atoms with Crippen LogP contribution >= 0.6 is 27.4 Å². The van der Waals surface area contributed by atoms with Gasteiger partial charge in [-0.25, -0.2) is 4.31 Å². The van der Waals surface area contributed by atoms with Crippen molar-refractivity contribution in [3.8, 4) is 0 Å². The molecule has 1 saturated heterocycles. The van der Waals surface area contributed by atoms with Gasteiger partial charge in [0.25, 0.3) is 15.6 Å². The van der Waals surface area contributed by atoms with Gasteiger partial charge in [0.15, 0.2) is 0 Å². The highest BCUT2D eigenvalue weighted by Crippen LogP contribution is 2.55. The van der Waals surface area contributed by atoms with Crippen molar-refractivity contribution < 1.29 is 46.7 Å². The maximum absolute atomic E-state index is 12.0. The third kappa shape index (κ3) is 11.1. The molecule has 180 valence electrons. The second-order valence-corrected chi connectivity index (χ2v) is 10.9. The van der Waals surface area contributed by atoms with E-state index >= 15 is 0 Å². The van der Waals surface area contributed by atoms with Crippen LogP contribution in [0.1, 0.15) is 46.0 Å². The Kier molecular flexibility index (Phi) is 11.9. The smallest absolute Gasteiger partial charge is 0.274 e. The van der Waals surface area contributed by atoms with Crippen LogP contribution in [0.3, 0.4) is 0 Å². The number of rotatable bonds is 15. The standard InChI is InChI=1S/C16H30N2O10P2S/c1-12(2)27-30(24,25)28-29(22,23)26-10-8-17-14(19)7-5-4-6-9-18-15(20)11-13(31-3)16(18)21/h12-13H,4-11H2,1-3H3,(H,17,19)(H,22,23)(H,24,25)/p-2. The molecule has 0 spiro atoms. The van der Waals surface area contributed by atoms with Gasteiger partial charge in [0.2, 0.25) is 17.7 Å². The first-order chi connectivity index (χ1) is 14.4. The largest absolute Gasteiger partial charge is 0.756 e. The Hall–Kier alpha value is -0.780. The van der Waals surface area contributed by atoms with Crippen molar-refractivity contribution in [2.75, 3.05) is 26.0 Å². The number of amides is 3. The SMILES string of the molecule is CSC1CC(=O)N(CCCCCC(=O)NCCOP(=O)([O-])OP(=O)([O-])OC(C)C)C1=O. The van der Waals surface area contributed by atoms with E-state index in [-0.39, 0.29) is 42.4 Å². The summed E-state index contributed by atoms with van der Waals surface area (Å²) in [4.78, 5) is 59.6. The number of nitrogens with zero attached hydrogens (tertiary/aromatic N) is 1. The minimum atomic E-state index is -5.15. The number of phosphoric ester groups is 2. The summed E-state index contributed by atoms with van der Waals surface area (Å²) in [7, 11) is -10.2. The molecule has 15 heteroatoms. The third-order valence-corrected chi connectivity index (χ3v) is 7.70. The lowest BCUT2D eigenvalue weighted by atomic mass is 10.2. The van der Waals surface area contributed by atoms with Crippen LogP contribution in [0.4, 0.5) is 0 Å². The van der Waals surface area contributed by atoms with E-state index in [1.165, 1.54) is 30.5 Å². The van der Waals surface area contributed by atoms with Crippen molar-refractivity contribution in [1.82, 2.24) is 10.2 Å². The van der Waals surface area contributed by atoms with Crippen molar-refractivity contribution >= 4 is 45.1 Å². The van der Waals surface area contributed by atoms with Crippen LogP contribution < -0.4 is 15.1 Å². The van der Waals surface area contributed by atoms with E-state index in [9.17, 15) is 33.3 Å². The van der Waals surface area contributed by atoms with E-state index < -0.39 is 28.4 Å². The quantitative estimate of drug-likeness (QED) is 0.188. The Labute approximate surface area is 185 Å². The monoisotopic (exact) mass is 502 g/mol. The molecule has 0 aliphatic carbocycles. The molecule has 3 atom stereocenters. The number of hydrogen-bond acceptors (Lipinski definition) is 11. The summed E-state index contributed by atoms with van der Waals surface area (Å²) in [6.45, 7) is 2.41. The minimum absolute atomic E-state index is 0.166. The summed E-state index contributed by atoms with van der Waals surface area (Å²) >= 11 is 1.36. The van der Waals surface area contributed by atoms with Crippen LogP contribution in [0.2, 0.25) is 0 Å². The average molecular weight is 502 g/mol. The molecule has 12 nitrogen and oxygen atoms in total. The molecule has 1 N–H and O–H groups in total. The molecular formula is C16H28N2O10P2S-2. The number of carbonyl (C=O) groups is 3. The molecule has 1 rings (SSSR count). The number of thioether (sulfide) groups is 1. The fraction of sp³-hybridized carbons (Fsp3) is 0.812. The Morgan fingerprint density at radius 1 is 1.23 bits per heavy atom. The molecule has 1 aliphatic rings. The number of imide groups is 1. The van der Waals surface area contributed by atoms with Gasteiger partial charge in [0, 0.05) is 25.9 Å². The fourth-order valence-corrected chi connectivity index (χ4v) is 5.46. The molecule has 1 aliphatic heterocycles. The van der Waals surface area contributed by atoms with Crippen molar-refractivity contribution in [1.29, 1.82) is 0 Å². The molecule has 0 aromatic rings. The minimum Gasteiger partial charge on any atom is -0.756 e. The first-order valence-electron chi connectivity index (χ1n) is 9.67. The van der Waals surface area contributed by atoms with E-state index in [1.807, 2.05) is 0 Å². The summed E-state index contributed by atoms with van der Waals surface area (Å²) in [5, 5.41) is 2.12. The van der Waals surface area contributed by atoms with Gasteiger partial charge in [-0.05, 0) is 32.9 Å². The van der Waals surface area contributed by atoms with Crippen LogP contribution in [0.25, 0.3) is 0 Å². The molecule has 0 bridgehead atoms. The van der Waals surface area contributed by atoms with Gasteiger partial charge in [-0.15, -0.1) is 0 Å². The molecule has 0 saturated carbocycles. The molecule has 0 radical (unpaired) electrons. The van der Waals surface area contributed by atoms with Crippen molar-refractivity contribution in [3.63, 3.8) is 0 Å². The van der Waals surface area contributed by atoms with Gasteiger partial charge in [-0.3, -0.25) is 28.4 Å². The lowest BCUT2D eigenvalue weighted by Crippen LogP contribution is -2.32. The van der Waals surface area contributed by atoms with Gasteiger partial charge in [0.05, 0.1) is 18.0 Å². The highest BCUT2D eigenvalue weighted by Gasteiger charge is 2.37. The number of carbonyl (C=O) groups excluding carboxylic acids is 3. The first-order valence-corrected chi connectivity index (χ1v) is 13.9. The zero-order chi connectivity index (χ0) is 23.7. The van der Waals surface area contributed by atoms with Gasteiger partial charge in [-0.2, -0.15) is 11.8 Å². The summed E-state index contributed by atoms with van der Waals surface area (Å²) in [6, 6.07) is 0. The molecule has 1 fully saturated rings. The molecule has 0 aromatic heterocycles. The molecule has 3 amide bonds. The molecule has 3 unspecified atom stereocenters. The number of unbranched alkanes of at least 4 members (excludes halogenated alkanes) is 2. The lowest BCUT2D eigenvalue weighted by Gasteiger charge is -2.31. The zero-order valence-corrected chi connectivity index (χ0v) is 20.2. The molecule has 1 heterocycles. The second-order valence-electron chi connectivity index (χ2n) is 6.94.